The summed E-state index contributed by atoms with van der Waals surface area (Å²) in [6.45, 7) is 3.96. The van der Waals surface area contributed by atoms with E-state index in [0.717, 1.165) is 22.1 Å². The maximum absolute atomic E-state index is 14.7. The number of aromatic nitrogens is 2. The summed E-state index contributed by atoms with van der Waals surface area (Å²) in [5, 5.41) is 15.0. The van der Waals surface area contributed by atoms with Gasteiger partial charge in [-0.15, -0.1) is 0 Å². The van der Waals surface area contributed by atoms with Crippen molar-refractivity contribution < 1.29 is 28.6 Å². The summed E-state index contributed by atoms with van der Waals surface area (Å²) in [5.41, 5.74) is 7.16. The maximum atomic E-state index is 14.7. The van der Waals surface area contributed by atoms with Gasteiger partial charge in [0.25, 0.3) is 5.56 Å². The van der Waals surface area contributed by atoms with Crippen molar-refractivity contribution in [1.29, 1.82) is 0 Å². The Bertz CT molecular complexity index is 1620. The third-order valence-electron chi connectivity index (χ3n) is 8.13. The van der Waals surface area contributed by atoms with Crippen LogP contribution < -0.4 is 16.6 Å². The molecule has 204 valence electrons. The number of hydrogen-bond donors (Lipinski definition) is 3. The molecule has 1 aliphatic carbocycles. The van der Waals surface area contributed by atoms with Crippen molar-refractivity contribution in [1.82, 2.24) is 14.9 Å². The molecule has 1 amide bonds. The second kappa shape index (κ2) is 9.22. The van der Waals surface area contributed by atoms with E-state index in [2.05, 4.69) is 5.32 Å². The van der Waals surface area contributed by atoms with Gasteiger partial charge in [-0.1, -0.05) is 13.8 Å². The number of nitrogens with two attached hydrogens (primary N) is 1. The van der Waals surface area contributed by atoms with E-state index in [1.165, 1.54) is 12.1 Å². The number of benzene rings is 1. The molecule has 1 unspecified atom stereocenters. The first-order valence-electron chi connectivity index (χ1n) is 13.1. The highest BCUT2D eigenvalue weighted by atomic mass is 19.1. The van der Waals surface area contributed by atoms with E-state index < -0.39 is 23.4 Å². The fraction of sp³-hybridized carbons (Fsp3) is 0.429. The molecule has 0 saturated heterocycles. The van der Waals surface area contributed by atoms with Crippen LogP contribution in [0.3, 0.4) is 0 Å². The lowest BCUT2D eigenvalue weighted by Crippen LogP contribution is -2.44. The SMILES string of the molecule is CC[C@@]1(O)C(=O)OCc2c1cc1n(c2=O)Cc2c-1nc1cc(F)cc3c1c2[C@@H](NC(=O)COCCN)CC3C. The van der Waals surface area contributed by atoms with Crippen LogP contribution in [0.2, 0.25) is 0 Å². The molecule has 0 bridgehead atoms. The highest BCUT2D eigenvalue weighted by molar-refractivity contribution is 5.93. The fourth-order valence-electron chi connectivity index (χ4n) is 6.23. The number of carbonyl (C=O) groups excluding carboxylic acids is 2. The molecular weight excluding hydrogens is 507 g/mol. The zero-order valence-corrected chi connectivity index (χ0v) is 21.7. The number of fused-ring (bicyclic) bond motifs is 5. The Morgan fingerprint density at radius 1 is 1.33 bits per heavy atom. The number of nitrogens with one attached hydrogen (secondary N) is 1. The monoisotopic (exact) mass is 536 g/mol. The third-order valence-corrected chi connectivity index (χ3v) is 8.13. The maximum Gasteiger partial charge on any atom is 0.343 e. The highest BCUT2D eigenvalue weighted by Gasteiger charge is 2.46. The van der Waals surface area contributed by atoms with Crippen LogP contribution in [0.15, 0.2) is 23.0 Å². The lowest BCUT2D eigenvalue weighted by atomic mass is 9.78. The van der Waals surface area contributed by atoms with Crippen molar-refractivity contribution in [2.75, 3.05) is 19.8 Å². The summed E-state index contributed by atoms with van der Waals surface area (Å²) in [7, 11) is 0. The van der Waals surface area contributed by atoms with Crippen molar-refractivity contribution in [2.45, 2.75) is 57.4 Å². The van der Waals surface area contributed by atoms with Gasteiger partial charge in [-0.25, -0.2) is 14.2 Å². The molecule has 0 radical (unpaired) electrons. The van der Waals surface area contributed by atoms with E-state index in [4.69, 9.17) is 20.2 Å². The van der Waals surface area contributed by atoms with E-state index in [1.54, 1.807) is 17.6 Å². The van der Waals surface area contributed by atoms with E-state index in [9.17, 15) is 23.9 Å². The number of hydrogen-bond acceptors (Lipinski definition) is 8. The molecule has 39 heavy (non-hydrogen) atoms. The van der Waals surface area contributed by atoms with E-state index in [0.29, 0.717) is 29.9 Å². The molecule has 3 aromatic rings. The predicted molar refractivity (Wildman–Crippen MR) is 138 cm³/mol. The van der Waals surface area contributed by atoms with Gasteiger partial charge < -0.3 is 30.2 Å². The standard InChI is InChI=1S/C28H29FN4O6/c1-3-28(37)18-9-21-25-16(10-33(21)26(35)17(18)11-39-27(28)36)24-19(31-22(34)12-38-5-4-30)6-13(2)15-7-14(29)8-20(32-25)23(15)24/h7-9,13,19,37H,3-6,10-12,30H2,1-2H3,(H,31,34)/t13?,19-,28-/m0/s1. The Morgan fingerprint density at radius 3 is 2.87 bits per heavy atom. The Morgan fingerprint density at radius 2 is 2.13 bits per heavy atom. The normalized spacial score (nSPS) is 22.7. The summed E-state index contributed by atoms with van der Waals surface area (Å²) in [6, 6.07) is 4.05. The largest absolute Gasteiger partial charge is 0.458 e. The van der Waals surface area contributed by atoms with Gasteiger partial charge in [0.2, 0.25) is 5.91 Å². The smallest absolute Gasteiger partial charge is 0.343 e. The molecular formula is C28H29FN4O6. The summed E-state index contributed by atoms with van der Waals surface area (Å²) < 4.78 is 26.8. The molecule has 2 aliphatic heterocycles. The number of rotatable bonds is 6. The Labute approximate surface area is 222 Å². The van der Waals surface area contributed by atoms with Gasteiger partial charge in [-0.2, -0.15) is 0 Å². The number of ether oxygens (including phenoxy) is 2. The second-order valence-corrected chi connectivity index (χ2v) is 10.4. The van der Waals surface area contributed by atoms with Gasteiger partial charge in [0.1, 0.15) is 19.0 Å². The van der Waals surface area contributed by atoms with E-state index >= 15 is 0 Å². The first kappa shape index (κ1) is 25.6. The summed E-state index contributed by atoms with van der Waals surface area (Å²) >= 11 is 0. The van der Waals surface area contributed by atoms with Crippen molar-refractivity contribution in [3.05, 3.63) is 62.2 Å². The van der Waals surface area contributed by atoms with E-state index in [1.807, 2.05) is 6.92 Å². The summed E-state index contributed by atoms with van der Waals surface area (Å²) in [6.07, 6.45) is 0.544. The average Bonchev–Trinajstić information content (AvgIpc) is 3.27. The number of pyridine rings is 2. The second-order valence-electron chi connectivity index (χ2n) is 10.4. The van der Waals surface area contributed by atoms with Crippen LogP contribution >= 0.6 is 0 Å². The number of esters is 1. The van der Waals surface area contributed by atoms with Crippen LogP contribution in [-0.2, 0) is 37.8 Å². The number of cyclic esters (lactones) is 1. The number of amides is 1. The molecule has 11 heteroatoms. The molecule has 10 nitrogen and oxygen atoms in total. The fourth-order valence-corrected chi connectivity index (χ4v) is 6.23. The van der Waals surface area contributed by atoms with E-state index in [-0.39, 0.29) is 61.3 Å². The molecule has 0 spiro atoms. The molecule has 3 aliphatic rings. The molecule has 0 fully saturated rings. The zero-order chi connectivity index (χ0) is 27.6. The van der Waals surface area contributed by atoms with Crippen molar-refractivity contribution >= 4 is 22.8 Å². The Kier molecular flexibility index (Phi) is 6.05. The van der Waals surface area contributed by atoms with Crippen LogP contribution in [0.4, 0.5) is 4.39 Å². The molecule has 3 atom stereocenters. The lowest BCUT2D eigenvalue weighted by Gasteiger charge is -2.32. The van der Waals surface area contributed by atoms with Gasteiger partial charge in [0.15, 0.2) is 5.60 Å². The third kappa shape index (κ3) is 3.79. The number of aliphatic hydroxyl groups is 1. The van der Waals surface area contributed by atoms with Crippen LogP contribution in [0.1, 0.15) is 66.5 Å². The van der Waals surface area contributed by atoms with Crippen LogP contribution in [0.5, 0.6) is 0 Å². The van der Waals surface area contributed by atoms with Crippen LogP contribution in [0, 0.1) is 5.82 Å². The first-order valence-corrected chi connectivity index (χ1v) is 13.1. The quantitative estimate of drug-likeness (QED) is 0.250. The molecule has 1 aromatic carbocycles. The molecule has 2 aromatic heterocycles. The molecule has 0 saturated carbocycles. The van der Waals surface area contributed by atoms with Crippen molar-refractivity contribution in [2.24, 2.45) is 5.73 Å². The molecule has 4 heterocycles. The highest BCUT2D eigenvalue weighted by Crippen LogP contribution is 2.48. The molecule has 4 N–H and O–H groups in total. The van der Waals surface area contributed by atoms with Gasteiger partial charge in [0.05, 0.1) is 41.7 Å². The van der Waals surface area contributed by atoms with Crippen molar-refractivity contribution in [3.8, 4) is 11.4 Å². The average molecular weight is 537 g/mol. The van der Waals surface area contributed by atoms with Gasteiger partial charge in [0, 0.05) is 29.1 Å². The predicted octanol–water partition coefficient (Wildman–Crippen LogP) is 1.86. The minimum absolute atomic E-state index is 0.0256. The Hall–Kier alpha value is -3.67. The minimum Gasteiger partial charge on any atom is -0.458 e. The lowest BCUT2D eigenvalue weighted by molar-refractivity contribution is -0.172. The van der Waals surface area contributed by atoms with Gasteiger partial charge >= 0.3 is 5.97 Å². The topological polar surface area (TPSA) is 146 Å². The number of carbonyl (C=O) groups is 2. The van der Waals surface area contributed by atoms with Crippen LogP contribution in [-0.4, -0.2) is 46.3 Å². The number of nitrogens with zero attached hydrogens (tertiary/aromatic N) is 2. The van der Waals surface area contributed by atoms with Crippen LogP contribution in [0.25, 0.3) is 22.3 Å². The zero-order valence-electron chi connectivity index (χ0n) is 21.7. The van der Waals surface area contributed by atoms with Crippen molar-refractivity contribution in [3.63, 3.8) is 0 Å². The number of halogens is 1. The van der Waals surface area contributed by atoms with Gasteiger partial charge in [-0.05, 0) is 42.0 Å². The first-order chi connectivity index (χ1) is 18.7. The molecule has 6 rings (SSSR count). The summed E-state index contributed by atoms with van der Waals surface area (Å²) in [4.78, 5) is 43.7. The summed E-state index contributed by atoms with van der Waals surface area (Å²) in [5.74, 6) is -1.60. The Balaban J connectivity index is 1.56. The van der Waals surface area contributed by atoms with Gasteiger partial charge in [-0.3, -0.25) is 9.59 Å². The minimum atomic E-state index is -1.95.